The van der Waals surface area contributed by atoms with Crippen molar-refractivity contribution in [1.82, 2.24) is 15.5 Å². The predicted molar refractivity (Wildman–Crippen MR) is 116 cm³/mol. The highest BCUT2D eigenvalue weighted by Gasteiger charge is 2.23. The van der Waals surface area contributed by atoms with Crippen LogP contribution in [0.5, 0.6) is 0 Å². The fourth-order valence-corrected chi connectivity index (χ4v) is 3.98. The van der Waals surface area contributed by atoms with Gasteiger partial charge in [0.1, 0.15) is 0 Å². The van der Waals surface area contributed by atoms with Crippen molar-refractivity contribution in [2.75, 3.05) is 64.4 Å². The minimum Gasteiger partial charge on any atom is -0.379 e. The Kier molecular flexibility index (Phi) is 7.79. The summed E-state index contributed by atoms with van der Waals surface area (Å²) >= 11 is 3.50. The molecule has 2 aliphatic rings. The molecule has 27 heavy (non-hydrogen) atoms. The molecule has 2 unspecified atom stereocenters. The van der Waals surface area contributed by atoms with Gasteiger partial charge < -0.3 is 20.3 Å². The van der Waals surface area contributed by atoms with Gasteiger partial charge in [0.15, 0.2) is 5.96 Å². The van der Waals surface area contributed by atoms with Crippen LogP contribution in [0, 0.1) is 5.92 Å². The van der Waals surface area contributed by atoms with Gasteiger partial charge in [-0.1, -0.05) is 22.9 Å². The first kappa shape index (κ1) is 20.4. The van der Waals surface area contributed by atoms with Gasteiger partial charge in [-0.05, 0) is 36.6 Å². The Morgan fingerprint density at radius 2 is 2.00 bits per heavy atom. The highest BCUT2D eigenvalue weighted by atomic mass is 79.9. The van der Waals surface area contributed by atoms with E-state index < -0.39 is 0 Å². The summed E-state index contributed by atoms with van der Waals surface area (Å²) in [6, 6.07) is 8.98. The van der Waals surface area contributed by atoms with Crippen LogP contribution in [0.25, 0.3) is 0 Å². The van der Waals surface area contributed by atoms with Crippen LogP contribution in [0.3, 0.4) is 0 Å². The first-order chi connectivity index (χ1) is 13.1. The molecule has 0 aromatic heterocycles. The number of ether oxygens (including phenoxy) is 1. The number of aliphatic imine (C=N–C) groups is 1. The summed E-state index contributed by atoms with van der Waals surface area (Å²) in [6.45, 7) is 10.2. The third-order valence-corrected chi connectivity index (χ3v) is 5.76. The summed E-state index contributed by atoms with van der Waals surface area (Å²) < 4.78 is 6.55. The van der Waals surface area contributed by atoms with Gasteiger partial charge >= 0.3 is 0 Å². The van der Waals surface area contributed by atoms with Crippen LogP contribution in [-0.2, 0) is 4.74 Å². The summed E-state index contributed by atoms with van der Waals surface area (Å²) in [5, 5.41) is 7.09. The Bertz CT molecular complexity index is 603. The van der Waals surface area contributed by atoms with Crippen molar-refractivity contribution >= 4 is 27.6 Å². The second-order valence-electron chi connectivity index (χ2n) is 7.52. The summed E-state index contributed by atoms with van der Waals surface area (Å²) in [5.41, 5.74) is 1.28. The second kappa shape index (κ2) is 10.3. The zero-order valence-corrected chi connectivity index (χ0v) is 18.0. The van der Waals surface area contributed by atoms with E-state index in [-0.39, 0.29) is 0 Å². The highest BCUT2D eigenvalue weighted by Crippen LogP contribution is 2.22. The Morgan fingerprint density at radius 1 is 1.26 bits per heavy atom. The van der Waals surface area contributed by atoms with Gasteiger partial charge in [0.25, 0.3) is 0 Å². The lowest BCUT2D eigenvalue weighted by Crippen LogP contribution is -2.47. The van der Waals surface area contributed by atoms with Gasteiger partial charge in [-0.25, -0.2) is 0 Å². The van der Waals surface area contributed by atoms with Crippen LogP contribution < -0.4 is 15.5 Å². The molecule has 150 valence electrons. The highest BCUT2D eigenvalue weighted by molar-refractivity contribution is 9.10. The van der Waals surface area contributed by atoms with Crippen LogP contribution in [0.15, 0.2) is 33.7 Å². The van der Waals surface area contributed by atoms with Gasteiger partial charge in [-0.2, -0.15) is 0 Å². The number of hydrogen-bond acceptors (Lipinski definition) is 4. The number of nitrogens with one attached hydrogen (secondary N) is 2. The first-order valence-electron chi connectivity index (χ1n) is 9.92. The zero-order valence-electron chi connectivity index (χ0n) is 16.5. The fraction of sp³-hybridized carbons (Fsp3) is 0.650. The molecular weight excluding hydrogens is 406 g/mol. The first-order valence-corrected chi connectivity index (χ1v) is 10.7. The quantitative estimate of drug-likeness (QED) is 0.527. The normalized spacial score (nSPS) is 22.7. The van der Waals surface area contributed by atoms with Crippen LogP contribution in [0.4, 0.5) is 5.69 Å². The van der Waals surface area contributed by atoms with E-state index >= 15 is 0 Å². The summed E-state index contributed by atoms with van der Waals surface area (Å²) in [5.74, 6) is 1.48. The van der Waals surface area contributed by atoms with Crippen molar-refractivity contribution in [2.45, 2.75) is 19.4 Å². The SMILES string of the molecule is CN=C(NCC(C)CN1CCOCC1)NC1CCN(c2ccc(Br)cc2)C1. The maximum absolute atomic E-state index is 5.42. The third kappa shape index (κ3) is 6.36. The van der Waals surface area contributed by atoms with Gasteiger partial charge in [0, 0.05) is 62.5 Å². The van der Waals surface area contributed by atoms with Crippen LogP contribution in [0.2, 0.25) is 0 Å². The van der Waals surface area contributed by atoms with E-state index in [2.05, 4.69) is 72.5 Å². The standard InChI is InChI=1S/C20H32BrN5O/c1-16(14-25-9-11-27-12-10-25)13-23-20(22-2)24-18-7-8-26(15-18)19-5-3-17(21)4-6-19/h3-6,16,18H,7-15H2,1-2H3,(H2,22,23,24). The summed E-state index contributed by atoms with van der Waals surface area (Å²) in [4.78, 5) is 9.33. The van der Waals surface area contributed by atoms with Crippen LogP contribution in [-0.4, -0.2) is 76.4 Å². The molecule has 0 amide bonds. The fourth-order valence-electron chi connectivity index (χ4n) is 3.71. The van der Waals surface area contributed by atoms with Crippen molar-refractivity contribution in [3.8, 4) is 0 Å². The van der Waals surface area contributed by atoms with E-state index in [0.717, 1.165) is 69.3 Å². The van der Waals surface area contributed by atoms with Crippen LogP contribution >= 0.6 is 15.9 Å². The summed E-state index contributed by atoms with van der Waals surface area (Å²) in [6.07, 6.45) is 1.13. The van der Waals surface area contributed by atoms with Gasteiger partial charge in [-0.15, -0.1) is 0 Å². The average Bonchev–Trinajstić information content (AvgIpc) is 3.15. The lowest BCUT2D eigenvalue weighted by atomic mass is 10.1. The number of rotatable bonds is 6. The molecule has 2 fully saturated rings. The van der Waals surface area contributed by atoms with Gasteiger partial charge in [-0.3, -0.25) is 9.89 Å². The number of hydrogen-bond donors (Lipinski definition) is 2. The Morgan fingerprint density at radius 3 is 2.70 bits per heavy atom. The van der Waals surface area contributed by atoms with E-state index in [1.807, 2.05) is 7.05 Å². The maximum atomic E-state index is 5.42. The zero-order chi connectivity index (χ0) is 19.1. The molecule has 6 nitrogen and oxygen atoms in total. The number of benzene rings is 1. The molecule has 2 aliphatic heterocycles. The molecule has 2 heterocycles. The Balaban J connectivity index is 1.40. The smallest absolute Gasteiger partial charge is 0.191 e. The molecule has 0 bridgehead atoms. The molecule has 3 rings (SSSR count). The van der Waals surface area contributed by atoms with Gasteiger partial charge in [0.2, 0.25) is 0 Å². The lowest BCUT2D eigenvalue weighted by molar-refractivity contribution is 0.0320. The van der Waals surface area contributed by atoms with Crippen molar-refractivity contribution in [3.63, 3.8) is 0 Å². The van der Waals surface area contributed by atoms with Crippen molar-refractivity contribution in [3.05, 3.63) is 28.7 Å². The average molecular weight is 438 g/mol. The van der Waals surface area contributed by atoms with Crippen LogP contribution in [0.1, 0.15) is 13.3 Å². The minimum absolute atomic E-state index is 0.425. The van der Waals surface area contributed by atoms with E-state index in [0.29, 0.717) is 12.0 Å². The number of halogens is 1. The Hall–Kier alpha value is -1.31. The lowest BCUT2D eigenvalue weighted by Gasteiger charge is -2.29. The molecule has 1 aromatic carbocycles. The molecule has 0 spiro atoms. The van der Waals surface area contributed by atoms with E-state index in [1.54, 1.807) is 0 Å². The maximum Gasteiger partial charge on any atom is 0.191 e. The molecule has 2 saturated heterocycles. The number of morpholine rings is 1. The Labute approximate surface area is 171 Å². The van der Waals surface area contributed by atoms with E-state index in [4.69, 9.17) is 4.74 Å². The summed E-state index contributed by atoms with van der Waals surface area (Å²) in [7, 11) is 1.85. The molecular formula is C20H32BrN5O. The van der Waals surface area contributed by atoms with Crippen molar-refractivity contribution in [2.24, 2.45) is 10.9 Å². The molecule has 2 N–H and O–H groups in total. The minimum atomic E-state index is 0.425. The topological polar surface area (TPSA) is 52.1 Å². The molecule has 0 aliphatic carbocycles. The largest absolute Gasteiger partial charge is 0.379 e. The molecule has 1 aromatic rings. The predicted octanol–water partition coefficient (Wildman–Crippen LogP) is 2.16. The third-order valence-electron chi connectivity index (χ3n) is 5.24. The molecule has 7 heteroatoms. The molecule has 2 atom stereocenters. The van der Waals surface area contributed by atoms with E-state index in [1.165, 1.54) is 5.69 Å². The van der Waals surface area contributed by atoms with Gasteiger partial charge in [0.05, 0.1) is 13.2 Å². The van der Waals surface area contributed by atoms with Crippen molar-refractivity contribution < 1.29 is 4.74 Å². The molecule has 0 radical (unpaired) electrons. The number of nitrogens with zero attached hydrogens (tertiary/aromatic N) is 3. The second-order valence-corrected chi connectivity index (χ2v) is 8.44. The molecule has 0 saturated carbocycles. The van der Waals surface area contributed by atoms with Crippen molar-refractivity contribution in [1.29, 1.82) is 0 Å². The van der Waals surface area contributed by atoms with E-state index in [9.17, 15) is 0 Å². The number of anilines is 1. The monoisotopic (exact) mass is 437 g/mol. The number of guanidine groups is 1.